The molecule has 0 unspecified atom stereocenters. The van der Waals surface area contributed by atoms with Crippen molar-refractivity contribution < 1.29 is 13.6 Å². The molecule has 12 heavy (non-hydrogen) atoms. The molecule has 1 aromatic heterocycles. The highest BCUT2D eigenvalue weighted by molar-refractivity contribution is 6.30. The van der Waals surface area contributed by atoms with Gasteiger partial charge in [-0.2, -0.15) is 0 Å². The number of ketones is 1. The lowest BCUT2D eigenvalue weighted by atomic mass is 10.2. The lowest BCUT2D eigenvalue weighted by Crippen LogP contribution is -2.07. The molecule has 0 N–H and O–H groups in total. The first-order chi connectivity index (χ1) is 5.66. The second kappa shape index (κ2) is 3.58. The van der Waals surface area contributed by atoms with Gasteiger partial charge in [0.2, 0.25) is 0 Å². The minimum atomic E-state index is -0.986. The fourth-order valence-electron chi connectivity index (χ4n) is 0.745. The van der Waals surface area contributed by atoms with E-state index in [2.05, 4.69) is 4.98 Å². The molecule has 1 rings (SSSR count). The van der Waals surface area contributed by atoms with Gasteiger partial charge in [-0.25, -0.2) is 8.78 Å². The second-order valence-electron chi connectivity index (χ2n) is 2.03. The molecule has 0 aliphatic carbocycles. The minimum absolute atomic E-state index is 0.447. The number of carbonyl (C=O) groups excluding carboxylic acids is 1. The van der Waals surface area contributed by atoms with Crippen LogP contribution in [0, 0.1) is 11.6 Å². The van der Waals surface area contributed by atoms with Gasteiger partial charge in [0.15, 0.2) is 17.4 Å². The van der Waals surface area contributed by atoms with Crippen LogP contribution in [-0.2, 0) is 0 Å². The molecule has 64 valence electrons. The molecule has 1 aromatic rings. The van der Waals surface area contributed by atoms with Crippen molar-refractivity contribution in [3.8, 4) is 0 Å². The molecule has 0 atom stereocenters. The first-order valence-corrected chi connectivity index (χ1v) is 3.58. The first kappa shape index (κ1) is 9.06. The fraction of sp³-hybridized carbons (Fsp3) is 0.143. The van der Waals surface area contributed by atoms with E-state index < -0.39 is 28.9 Å². The molecular formula is C7H4ClF2NO. The van der Waals surface area contributed by atoms with E-state index >= 15 is 0 Å². The summed E-state index contributed by atoms with van der Waals surface area (Å²) in [6, 6.07) is 0. The van der Waals surface area contributed by atoms with Crippen LogP contribution in [0.1, 0.15) is 10.4 Å². The number of Topliss-reactive ketones (excluding diaryl/α,β-unsaturated/α-hetero) is 1. The van der Waals surface area contributed by atoms with Crippen LogP contribution in [0.3, 0.4) is 0 Å². The maximum Gasteiger partial charge on any atom is 0.183 e. The number of halogens is 3. The van der Waals surface area contributed by atoms with Crippen LogP contribution in [-0.4, -0.2) is 16.6 Å². The van der Waals surface area contributed by atoms with Gasteiger partial charge in [-0.15, -0.1) is 11.6 Å². The number of aromatic nitrogens is 1. The Morgan fingerprint density at radius 1 is 1.42 bits per heavy atom. The predicted molar refractivity (Wildman–Crippen MR) is 39.2 cm³/mol. The normalized spacial score (nSPS) is 9.92. The zero-order valence-corrected chi connectivity index (χ0v) is 6.61. The maximum atomic E-state index is 12.7. The SMILES string of the molecule is O=C(CCl)c1c(F)cncc1F. The summed E-state index contributed by atoms with van der Waals surface area (Å²) in [4.78, 5) is 14.0. The lowest BCUT2D eigenvalue weighted by Gasteiger charge is -1.98. The third-order valence-corrected chi connectivity index (χ3v) is 1.50. The molecule has 0 saturated heterocycles. The number of rotatable bonds is 2. The molecule has 0 aromatic carbocycles. The molecule has 0 spiro atoms. The Bertz CT molecular complexity index is 296. The van der Waals surface area contributed by atoms with E-state index in [0.29, 0.717) is 0 Å². The Balaban J connectivity index is 3.21. The largest absolute Gasteiger partial charge is 0.293 e. The highest BCUT2D eigenvalue weighted by Gasteiger charge is 2.15. The van der Waals surface area contributed by atoms with Crippen molar-refractivity contribution in [2.24, 2.45) is 0 Å². The summed E-state index contributed by atoms with van der Waals surface area (Å²) >= 11 is 5.13. The average molecular weight is 192 g/mol. The Morgan fingerprint density at radius 3 is 2.33 bits per heavy atom. The van der Waals surface area contributed by atoms with E-state index in [9.17, 15) is 13.6 Å². The van der Waals surface area contributed by atoms with Crippen molar-refractivity contribution in [2.45, 2.75) is 0 Å². The number of hydrogen-bond donors (Lipinski definition) is 0. The van der Waals surface area contributed by atoms with E-state index in [1.165, 1.54) is 0 Å². The summed E-state index contributed by atoms with van der Waals surface area (Å²) in [5.74, 6) is -3.20. The molecule has 1 heterocycles. The maximum absolute atomic E-state index is 12.7. The summed E-state index contributed by atoms with van der Waals surface area (Å²) < 4.78 is 25.4. The summed E-state index contributed by atoms with van der Waals surface area (Å²) in [7, 11) is 0. The number of alkyl halides is 1. The Kier molecular flexibility index (Phi) is 2.70. The topological polar surface area (TPSA) is 30.0 Å². The van der Waals surface area contributed by atoms with Gasteiger partial charge in [0, 0.05) is 0 Å². The molecule has 0 aliphatic heterocycles. The van der Waals surface area contributed by atoms with Gasteiger partial charge in [-0.1, -0.05) is 0 Å². The van der Waals surface area contributed by atoms with Gasteiger partial charge in [0.1, 0.15) is 0 Å². The fourth-order valence-corrected chi connectivity index (χ4v) is 0.878. The minimum Gasteiger partial charge on any atom is -0.293 e. The Morgan fingerprint density at radius 2 is 1.92 bits per heavy atom. The van der Waals surface area contributed by atoms with Gasteiger partial charge in [-0.3, -0.25) is 9.78 Å². The zero-order valence-electron chi connectivity index (χ0n) is 5.85. The highest BCUT2D eigenvalue weighted by Crippen LogP contribution is 2.11. The van der Waals surface area contributed by atoms with Gasteiger partial charge < -0.3 is 0 Å². The van der Waals surface area contributed by atoms with Crippen molar-refractivity contribution >= 4 is 17.4 Å². The van der Waals surface area contributed by atoms with Crippen LogP contribution in [0.4, 0.5) is 8.78 Å². The molecule has 0 fully saturated rings. The van der Waals surface area contributed by atoms with Crippen molar-refractivity contribution in [2.75, 3.05) is 5.88 Å². The Hall–Kier alpha value is -1.03. The van der Waals surface area contributed by atoms with Gasteiger partial charge in [0.25, 0.3) is 0 Å². The number of hydrogen-bond acceptors (Lipinski definition) is 2. The van der Waals surface area contributed by atoms with Crippen LogP contribution in [0.2, 0.25) is 0 Å². The molecule has 0 aliphatic rings. The van der Waals surface area contributed by atoms with E-state index in [0.717, 1.165) is 12.4 Å². The summed E-state index contributed by atoms with van der Waals surface area (Å²) in [6.07, 6.45) is 1.53. The second-order valence-corrected chi connectivity index (χ2v) is 2.30. The van der Waals surface area contributed by atoms with Crippen LogP contribution in [0.15, 0.2) is 12.4 Å². The molecule has 5 heteroatoms. The van der Waals surface area contributed by atoms with E-state index in [4.69, 9.17) is 11.6 Å². The van der Waals surface area contributed by atoms with E-state index in [1.54, 1.807) is 0 Å². The van der Waals surface area contributed by atoms with E-state index in [-0.39, 0.29) is 0 Å². The van der Waals surface area contributed by atoms with Gasteiger partial charge >= 0.3 is 0 Å². The van der Waals surface area contributed by atoms with Gasteiger partial charge in [0.05, 0.1) is 23.8 Å². The summed E-state index contributed by atoms with van der Waals surface area (Å²) in [5, 5.41) is 0. The molecule has 0 radical (unpaired) electrons. The molecular weight excluding hydrogens is 188 g/mol. The molecule has 2 nitrogen and oxygen atoms in total. The van der Waals surface area contributed by atoms with Crippen LogP contribution in [0.25, 0.3) is 0 Å². The summed E-state index contributed by atoms with van der Waals surface area (Å²) in [5.41, 5.74) is -0.625. The van der Waals surface area contributed by atoms with Crippen molar-refractivity contribution in [3.05, 3.63) is 29.6 Å². The standard InChI is InChI=1S/C7H4ClF2NO/c8-1-6(12)7-4(9)2-11-3-5(7)10/h2-3H,1H2. The number of carbonyl (C=O) groups is 1. The highest BCUT2D eigenvalue weighted by atomic mass is 35.5. The van der Waals surface area contributed by atoms with Gasteiger partial charge in [-0.05, 0) is 0 Å². The first-order valence-electron chi connectivity index (χ1n) is 3.05. The van der Waals surface area contributed by atoms with Crippen LogP contribution >= 0.6 is 11.6 Å². The quantitative estimate of drug-likeness (QED) is 0.527. The Labute approximate surface area is 72.2 Å². The van der Waals surface area contributed by atoms with E-state index in [1.807, 2.05) is 0 Å². The van der Waals surface area contributed by atoms with Crippen molar-refractivity contribution in [3.63, 3.8) is 0 Å². The third-order valence-electron chi connectivity index (χ3n) is 1.25. The number of nitrogens with zero attached hydrogens (tertiary/aromatic N) is 1. The average Bonchev–Trinajstić information content (AvgIpc) is 2.03. The lowest BCUT2D eigenvalue weighted by molar-refractivity contribution is 0.101. The smallest absolute Gasteiger partial charge is 0.183 e. The molecule has 0 amide bonds. The summed E-state index contributed by atoms with van der Waals surface area (Å²) in [6.45, 7) is 0. The predicted octanol–water partition coefficient (Wildman–Crippen LogP) is 1.78. The monoisotopic (exact) mass is 191 g/mol. The van der Waals surface area contributed by atoms with Crippen LogP contribution in [0.5, 0.6) is 0 Å². The van der Waals surface area contributed by atoms with Crippen molar-refractivity contribution in [1.82, 2.24) is 4.98 Å². The molecule has 0 bridgehead atoms. The number of pyridine rings is 1. The third kappa shape index (κ3) is 1.58. The molecule has 0 saturated carbocycles. The zero-order chi connectivity index (χ0) is 9.14. The van der Waals surface area contributed by atoms with Crippen LogP contribution < -0.4 is 0 Å². The van der Waals surface area contributed by atoms with Crippen molar-refractivity contribution in [1.29, 1.82) is 0 Å².